The van der Waals surface area contributed by atoms with Gasteiger partial charge in [-0.25, -0.2) is 0 Å². The number of halogens is 3. The maximum Gasteiger partial charge on any atom is 0.417 e. The van der Waals surface area contributed by atoms with Crippen molar-refractivity contribution in [2.45, 2.75) is 33.4 Å². The largest absolute Gasteiger partial charge is 0.417 e. The Morgan fingerprint density at radius 3 is 2.31 bits per heavy atom. The molecule has 0 aliphatic rings. The summed E-state index contributed by atoms with van der Waals surface area (Å²) in [6.45, 7) is 6.16. The Morgan fingerprint density at radius 2 is 1.81 bits per heavy atom. The molecule has 0 aromatic carbocycles. The SMILES string of the molecule is CC(C)C(C)Cc1cncc(C(F)(F)F)c1. The van der Waals surface area contributed by atoms with Crippen LogP contribution in [0.25, 0.3) is 0 Å². The summed E-state index contributed by atoms with van der Waals surface area (Å²) in [6.07, 6.45) is -1.30. The summed E-state index contributed by atoms with van der Waals surface area (Å²) in [6, 6.07) is 1.19. The van der Waals surface area contributed by atoms with Gasteiger partial charge in [0, 0.05) is 12.4 Å². The highest BCUT2D eigenvalue weighted by molar-refractivity contribution is 5.21. The lowest BCUT2D eigenvalue weighted by Gasteiger charge is -2.15. The fourth-order valence-corrected chi connectivity index (χ4v) is 1.36. The van der Waals surface area contributed by atoms with Crippen LogP contribution >= 0.6 is 0 Å². The summed E-state index contributed by atoms with van der Waals surface area (Å²) in [5.74, 6) is 0.805. The van der Waals surface area contributed by atoms with Crippen LogP contribution in [0.5, 0.6) is 0 Å². The molecule has 1 rings (SSSR count). The number of aromatic nitrogens is 1. The monoisotopic (exact) mass is 231 g/mol. The lowest BCUT2D eigenvalue weighted by Crippen LogP contribution is -2.10. The van der Waals surface area contributed by atoms with Gasteiger partial charge in [0.25, 0.3) is 0 Å². The topological polar surface area (TPSA) is 12.9 Å². The molecule has 0 fully saturated rings. The summed E-state index contributed by atoms with van der Waals surface area (Å²) in [5.41, 5.74) is -0.0167. The molecule has 16 heavy (non-hydrogen) atoms. The molecule has 1 atom stereocenters. The number of hydrogen-bond donors (Lipinski definition) is 0. The zero-order valence-electron chi connectivity index (χ0n) is 9.67. The number of rotatable bonds is 3. The molecule has 0 bridgehead atoms. The van der Waals surface area contributed by atoms with Crippen LogP contribution in [0.1, 0.15) is 31.9 Å². The van der Waals surface area contributed by atoms with Crippen LogP contribution in [0.2, 0.25) is 0 Å². The average molecular weight is 231 g/mol. The second-order valence-corrected chi connectivity index (χ2v) is 4.51. The van der Waals surface area contributed by atoms with E-state index in [0.717, 1.165) is 6.20 Å². The van der Waals surface area contributed by atoms with Gasteiger partial charge in [-0.2, -0.15) is 13.2 Å². The quantitative estimate of drug-likeness (QED) is 0.768. The standard InChI is InChI=1S/C12H16F3N/c1-8(2)9(3)4-10-5-11(7-16-6-10)12(13,14)15/h5-9H,4H2,1-3H3. The molecule has 1 aromatic rings. The van der Waals surface area contributed by atoms with Crippen LogP contribution in [0.3, 0.4) is 0 Å². The van der Waals surface area contributed by atoms with Crippen molar-refractivity contribution >= 4 is 0 Å². The van der Waals surface area contributed by atoms with Crippen LogP contribution in [-0.4, -0.2) is 4.98 Å². The molecular formula is C12H16F3N. The van der Waals surface area contributed by atoms with Crippen molar-refractivity contribution in [2.24, 2.45) is 11.8 Å². The molecule has 1 heterocycles. The molecule has 1 nitrogen and oxygen atoms in total. The number of alkyl halides is 3. The third kappa shape index (κ3) is 3.51. The Morgan fingerprint density at radius 1 is 1.19 bits per heavy atom. The van der Waals surface area contributed by atoms with E-state index in [-0.39, 0.29) is 0 Å². The summed E-state index contributed by atoms with van der Waals surface area (Å²) >= 11 is 0. The molecule has 0 aliphatic heterocycles. The van der Waals surface area contributed by atoms with E-state index in [1.165, 1.54) is 12.3 Å². The first-order valence-electron chi connectivity index (χ1n) is 5.32. The first-order chi connectivity index (χ1) is 7.30. The first-order valence-corrected chi connectivity index (χ1v) is 5.32. The fourth-order valence-electron chi connectivity index (χ4n) is 1.36. The van der Waals surface area contributed by atoms with E-state index in [2.05, 4.69) is 18.8 Å². The Bertz CT molecular complexity index is 344. The molecular weight excluding hydrogens is 215 g/mol. The van der Waals surface area contributed by atoms with E-state index < -0.39 is 11.7 Å². The average Bonchev–Trinajstić information content (AvgIpc) is 2.16. The summed E-state index contributed by atoms with van der Waals surface area (Å²) < 4.78 is 37.3. The minimum absolute atomic E-state index is 0.352. The van der Waals surface area contributed by atoms with Crippen molar-refractivity contribution in [2.75, 3.05) is 0 Å². The Hall–Kier alpha value is -1.06. The van der Waals surface area contributed by atoms with Crippen LogP contribution in [0.4, 0.5) is 13.2 Å². The van der Waals surface area contributed by atoms with Crippen LogP contribution < -0.4 is 0 Å². The van der Waals surface area contributed by atoms with Crippen molar-refractivity contribution in [3.05, 3.63) is 29.6 Å². The van der Waals surface area contributed by atoms with Crippen LogP contribution in [0, 0.1) is 11.8 Å². The van der Waals surface area contributed by atoms with Gasteiger partial charge in [0.15, 0.2) is 0 Å². The van der Waals surface area contributed by atoms with Gasteiger partial charge in [-0.05, 0) is 29.9 Å². The molecule has 0 saturated heterocycles. The van der Waals surface area contributed by atoms with Crippen LogP contribution in [-0.2, 0) is 12.6 Å². The maximum atomic E-state index is 12.4. The smallest absolute Gasteiger partial charge is 0.264 e. The molecule has 1 unspecified atom stereocenters. The molecule has 0 amide bonds. The van der Waals surface area contributed by atoms with Gasteiger partial charge in [0.2, 0.25) is 0 Å². The highest BCUT2D eigenvalue weighted by atomic mass is 19.4. The summed E-state index contributed by atoms with van der Waals surface area (Å²) in [5, 5.41) is 0. The summed E-state index contributed by atoms with van der Waals surface area (Å²) in [7, 11) is 0. The third-order valence-electron chi connectivity index (χ3n) is 2.82. The van der Waals surface area contributed by atoms with Gasteiger partial charge in [0.05, 0.1) is 5.56 Å². The zero-order chi connectivity index (χ0) is 12.3. The second kappa shape index (κ2) is 4.85. The lowest BCUT2D eigenvalue weighted by molar-refractivity contribution is -0.137. The lowest BCUT2D eigenvalue weighted by atomic mass is 9.91. The second-order valence-electron chi connectivity index (χ2n) is 4.51. The highest BCUT2D eigenvalue weighted by Crippen LogP contribution is 2.29. The molecule has 0 radical (unpaired) electrons. The molecule has 0 aliphatic carbocycles. The van der Waals surface area contributed by atoms with Gasteiger partial charge in [-0.3, -0.25) is 4.98 Å². The Kier molecular flexibility index (Phi) is 3.94. The molecule has 0 saturated carbocycles. The Labute approximate surface area is 93.7 Å². The zero-order valence-corrected chi connectivity index (χ0v) is 9.67. The molecule has 90 valence electrons. The minimum Gasteiger partial charge on any atom is -0.264 e. The van der Waals surface area contributed by atoms with Crippen molar-refractivity contribution in [1.82, 2.24) is 4.98 Å². The van der Waals surface area contributed by atoms with E-state index in [0.29, 0.717) is 23.8 Å². The van der Waals surface area contributed by atoms with Gasteiger partial charge in [-0.15, -0.1) is 0 Å². The number of nitrogens with zero attached hydrogens (tertiary/aromatic N) is 1. The normalized spacial score (nSPS) is 14.2. The van der Waals surface area contributed by atoms with E-state index >= 15 is 0 Å². The molecule has 0 spiro atoms. The van der Waals surface area contributed by atoms with E-state index in [1.807, 2.05) is 6.92 Å². The van der Waals surface area contributed by atoms with Gasteiger partial charge >= 0.3 is 6.18 Å². The molecule has 1 aromatic heterocycles. The van der Waals surface area contributed by atoms with Crippen molar-refractivity contribution in [1.29, 1.82) is 0 Å². The van der Waals surface area contributed by atoms with E-state index in [4.69, 9.17) is 0 Å². The van der Waals surface area contributed by atoms with Crippen molar-refractivity contribution < 1.29 is 13.2 Å². The Balaban J connectivity index is 2.83. The van der Waals surface area contributed by atoms with Crippen molar-refractivity contribution in [3.8, 4) is 0 Å². The van der Waals surface area contributed by atoms with Gasteiger partial charge in [-0.1, -0.05) is 20.8 Å². The maximum absolute atomic E-state index is 12.4. The third-order valence-corrected chi connectivity index (χ3v) is 2.82. The minimum atomic E-state index is -4.30. The number of hydrogen-bond acceptors (Lipinski definition) is 1. The highest BCUT2D eigenvalue weighted by Gasteiger charge is 2.31. The predicted molar refractivity (Wildman–Crippen MR) is 56.9 cm³/mol. The van der Waals surface area contributed by atoms with Gasteiger partial charge < -0.3 is 0 Å². The van der Waals surface area contributed by atoms with Crippen LogP contribution in [0.15, 0.2) is 18.5 Å². The van der Waals surface area contributed by atoms with Crippen molar-refractivity contribution in [3.63, 3.8) is 0 Å². The molecule has 4 heteroatoms. The predicted octanol–water partition coefficient (Wildman–Crippen LogP) is 3.94. The molecule has 0 N–H and O–H groups in total. The summed E-state index contributed by atoms with van der Waals surface area (Å²) in [4.78, 5) is 3.64. The van der Waals surface area contributed by atoms with E-state index in [1.54, 1.807) is 0 Å². The fraction of sp³-hybridized carbons (Fsp3) is 0.583. The van der Waals surface area contributed by atoms with Gasteiger partial charge in [0.1, 0.15) is 0 Å². The first kappa shape index (κ1) is 13.0. The van der Waals surface area contributed by atoms with E-state index in [9.17, 15) is 13.2 Å². The number of pyridine rings is 1.